The summed E-state index contributed by atoms with van der Waals surface area (Å²) in [7, 11) is 1.61. The van der Waals surface area contributed by atoms with E-state index in [1.807, 2.05) is 4.90 Å². The SMILES string of the molecule is CN(CC(=O)NC1CC1)C(=O)CN(CCC(=O)O)C1CC1. The van der Waals surface area contributed by atoms with Crippen LogP contribution in [0, 0.1) is 0 Å². The largest absolute Gasteiger partial charge is 0.481 e. The van der Waals surface area contributed by atoms with E-state index in [1.165, 1.54) is 4.90 Å². The molecule has 0 bridgehead atoms. The van der Waals surface area contributed by atoms with Gasteiger partial charge >= 0.3 is 5.97 Å². The number of hydrogen-bond donors (Lipinski definition) is 2. The first-order chi connectivity index (χ1) is 9.95. The molecule has 0 aliphatic heterocycles. The lowest BCUT2D eigenvalue weighted by Crippen LogP contribution is -2.44. The van der Waals surface area contributed by atoms with E-state index in [0.29, 0.717) is 18.6 Å². The number of carboxylic acid groups (broad SMARTS) is 1. The van der Waals surface area contributed by atoms with Crippen molar-refractivity contribution in [1.29, 1.82) is 0 Å². The second-order valence-electron chi connectivity index (χ2n) is 5.94. The molecule has 2 rings (SSSR count). The Morgan fingerprint density at radius 2 is 1.81 bits per heavy atom. The Morgan fingerprint density at radius 1 is 1.14 bits per heavy atom. The topological polar surface area (TPSA) is 90.0 Å². The van der Waals surface area contributed by atoms with Gasteiger partial charge in [0, 0.05) is 25.7 Å². The molecule has 7 nitrogen and oxygen atoms in total. The first-order valence-corrected chi connectivity index (χ1v) is 7.45. The molecule has 0 radical (unpaired) electrons. The third kappa shape index (κ3) is 5.71. The maximum atomic E-state index is 12.1. The van der Waals surface area contributed by atoms with Crippen molar-refractivity contribution in [3.8, 4) is 0 Å². The minimum Gasteiger partial charge on any atom is -0.481 e. The van der Waals surface area contributed by atoms with Crippen LogP contribution in [-0.4, -0.2) is 71.5 Å². The molecular weight excluding hydrogens is 274 g/mol. The van der Waals surface area contributed by atoms with Gasteiger partial charge in [-0.1, -0.05) is 0 Å². The highest BCUT2D eigenvalue weighted by molar-refractivity contribution is 5.85. The van der Waals surface area contributed by atoms with Gasteiger partial charge in [0.1, 0.15) is 0 Å². The van der Waals surface area contributed by atoms with Crippen LogP contribution >= 0.6 is 0 Å². The van der Waals surface area contributed by atoms with Crippen molar-refractivity contribution in [3.05, 3.63) is 0 Å². The minimum absolute atomic E-state index is 0.0374. The summed E-state index contributed by atoms with van der Waals surface area (Å²) >= 11 is 0. The van der Waals surface area contributed by atoms with Gasteiger partial charge in [0.25, 0.3) is 0 Å². The number of nitrogens with one attached hydrogen (secondary N) is 1. The fourth-order valence-corrected chi connectivity index (χ4v) is 2.17. The molecule has 0 atom stereocenters. The Kier molecular flexibility index (Phi) is 5.17. The Labute approximate surface area is 124 Å². The molecular formula is C14H23N3O4. The number of likely N-dealkylation sites (N-methyl/N-ethyl adjacent to an activating group) is 1. The number of carbonyl (C=O) groups is 3. The summed E-state index contributed by atoms with van der Waals surface area (Å²) in [5.41, 5.74) is 0. The van der Waals surface area contributed by atoms with Gasteiger partial charge in [-0.3, -0.25) is 19.3 Å². The molecule has 0 heterocycles. The van der Waals surface area contributed by atoms with Crippen molar-refractivity contribution in [2.24, 2.45) is 0 Å². The number of carboxylic acids is 1. The summed E-state index contributed by atoms with van der Waals surface area (Å²) in [4.78, 5) is 37.7. The van der Waals surface area contributed by atoms with Gasteiger partial charge in [-0.25, -0.2) is 0 Å². The molecule has 118 valence electrons. The van der Waals surface area contributed by atoms with Gasteiger partial charge in [-0.05, 0) is 25.7 Å². The van der Waals surface area contributed by atoms with Gasteiger partial charge < -0.3 is 15.3 Å². The van der Waals surface area contributed by atoms with Crippen molar-refractivity contribution in [2.75, 3.05) is 26.7 Å². The second-order valence-corrected chi connectivity index (χ2v) is 5.94. The predicted molar refractivity (Wildman–Crippen MR) is 75.6 cm³/mol. The lowest BCUT2D eigenvalue weighted by Gasteiger charge is -2.24. The smallest absolute Gasteiger partial charge is 0.304 e. The first-order valence-electron chi connectivity index (χ1n) is 7.45. The van der Waals surface area contributed by atoms with Crippen LogP contribution in [0.4, 0.5) is 0 Å². The average molecular weight is 297 g/mol. The van der Waals surface area contributed by atoms with Gasteiger partial charge in [0.05, 0.1) is 19.5 Å². The lowest BCUT2D eigenvalue weighted by atomic mass is 10.3. The molecule has 0 spiro atoms. The Hall–Kier alpha value is -1.63. The molecule has 21 heavy (non-hydrogen) atoms. The lowest BCUT2D eigenvalue weighted by molar-refractivity contribution is -0.139. The number of amides is 2. The van der Waals surface area contributed by atoms with Crippen molar-refractivity contribution >= 4 is 17.8 Å². The zero-order valence-electron chi connectivity index (χ0n) is 12.4. The molecule has 0 unspecified atom stereocenters. The minimum atomic E-state index is -0.856. The van der Waals surface area contributed by atoms with E-state index in [2.05, 4.69) is 5.32 Å². The van der Waals surface area contributed by atoms with E-state index in [-0.39, 0.29) is 31.3 Å². The zero-order chi connectivity index (χ0) is 15.4. The standard InChI is InChI=1S/C14H23N3O4/c1-16(8-12(18)15-10-2-3-10)13(19)9-17(11-4-5-11)7-6-14(20)21/h10-11H,2-9H2,1H3,(H,15,18)(H,20,21). The molecule has 0 aromatic carbocycles. The quantitative estimate of drug-likeness (QED) is 0.608. The van der Waals surface area contributed by atoms with Crippen LogP contribution in [0.3, 0.4) is 0 Å². The van der Waals surface area contributed by atoms with Crippen molar-refractivity contribution in [1.82, 2.24) is 15.1 Å². The van der Waals surface area contributed by atoms with Crippen LogP contribution in [-0.2, 0) is 14.4 Å². The average Bonchev–Trinajstić information content (AvgIpc) is 3.25. The molecule has 2 aliphatic rings. The first kappa shape index (κ1) is 15.8. The summed E-state index contributed by atoms with van der Waals surface area (Å²) < 4.78 is 0. The third-order valence-corrected chi connectivity index (χ3v) is 3.76. The maximum Gasteiger partial charge on any atom is 0.304 e. The summed E-state index contributed by atoms with van der Waals surface area (Å²) in [6.07, 6.45) is 4.11. The number of aliphatic carboxylic acids is 1. The monoisotopic (exact) mass is 297 g/mol. The van der Waals surface area contributed by atoms with Gasteiger partial charge in [-0.15, -0.1) is 0 Å². The molecule has 2 amide bonds. The van der Waals surface area contributed by atoms with Crippen LogP contribution in [0.2, 0.25) is 0 Å². The Bertz CT molecular complexity index is 418. The predicted octanol–water partition coefficient (Wildman–Crippen LogP) is -0.337. The molecule has 7 heteroatoms. The molecule has 2 N–H and O–H groups in total. The fourth-order valence-electron chi connectivity index (χ4n) is 2.17. The normalized spacial score (nSPS) is 17.6. The highest BCUT2D eigenvalue weighted by atomic mass is 16.4. The van der Waals surface area contributed by atoms with E-state index in [9.17, 15) is 14.4 Å². The van der Waals surface area contributed by atoms with Crippen LogP contribution in [0.1, 0.15) is 32.1 Å². The number of nitrogens with zero attached hydrogens (tertiary/aromatic N) is 2. The Morgan fingerprint density at radius 3 is 2.33 bits per heavy atom. The van der Waals surface area contributed by atoms with Crippen molar-refractivity contribution in [3.63, 3.8) is 0 Å². The summed E-state index contributed by atoms with van der Waals surface area (Å²) in [6, 6.07) is 0.613. The van der Waals surface area contributed by atoms with Gasteiger partial charge in [0.2, 0.25) is 11.8 Å². The van der Waals surface area contributed by atoms with Crippen LogP contribution < -0.4 is 5.32 Å². The molecule has 2 fully saturated rings. The number of carbonyl (C=O) groups excluding carboxylic acids is 2. The molecule has 0 saturated heterocycles. The maximum absolute atomic E-state index is 12.1. The van der Waals surface area contributed by atoms with E-state index in [1.54, 1.807) is 7.05 Å². The van der Waals surface area contributed by atoms with Crippen molar-refractivity contribution in [2.45, 2.75) is 44.2 Å². The van der Waals surface area contributed by atoms with Gasteiger partial charge in [0.15, 0.2) is 0 Å². The summed E-state index contributed by atoms with van der Waals surface area (Å²) in [5.74, 6) is -1.12. The number of rotatable bonds is 9. The van der Waals surface area contributed by atoms with Crippen LogP contribution in [0.25, 0.3) is 0 Å². The van der Waals surface area contributed by atoms with Crippen LogP contribution in [0.15, 0.2) is 0 Å². The number of hydrogen-bond acceptors (Lipinski definition) is 4. The highest BCUT2D eigenvalue weighted by Crippen LogP contribution is 2.26. The molecule has 2 saturated carbocycles. The molecule has 0 aromatic heterocycles. The second kappa shape index (κ2) is 6.89. The van der Waals surface area contributed by atoms with E-state index in [0.717, 1.165) is 25.7 Å². The summed E-state index contributed by atoms with van der Waals surface area (Å²) in [5, 5.41) is 11.6. The fraction of sp³-hybridized carbons (Fsp3) is 0.786. The molecule has 0 aromatic rings. The summed E-state index contributed by atoms with van der Waals surface area (Å²) in [6.45, 7) is 0.631. The van der Waals surface area contributed by atoms with E-state index in [4.69, 9.17) is 5.11 Å². The van der Waals surface area contributed by atoms with Gasteiger partial charge in [-0.2, -0.15) is 0 Å². The van der Waals surface area contributed by atoms with Crippen LogP contribution in [0.5, 0.6) is 0 Å². The highest BCUT2D eigenvalue weighted by Gasteiger charge is 2.31. The Balaban J connectivity index is 1.74. The van der Waals surface area contributed by atoms with Crippen molar-refractivity contribution < 1.29 is 19.5 Å². The third-order valence-electron chi connectivity index (χ3n) is 3.76. The molecule has 2 aliphatic carbocycles. The van der Waals surface area contributed by atoms with E-state index >= 15 is 0 Å². The zero-order valence-corrected chi connectivity index (χ0v) is 12.4. The van der Waals surface area contributed by atoms with E-state index < -0.39 is 5.97 Å².